The molecule has 0 saturated carbocycles. The van der Waals surface area contributed by atoms with Crippen LogP contribution in [0.25, 0.3) is 5.69 Å². The number of benzene rings is 2. The van der Waals surface area contributed by atoms with Gasteiger partial charge < -0.3 is 14.2 Å². The number of likely N-dealkylation sites (tertiary alicyclic amines) is 1. The van der Waals surface area contributed by atoms with Gasteiger partial charge in [0.25, 0.3) is 5.91 Å². The molecular formula is C23H18ClN3O2. The number of hydrogen-bond donors (Lipinski definition) is 0. The Morgan fingerprint density at radius 3 is 2.72 bits per heavy atom. The van der Waals surface area contributed by atoms with Crippen LogP contribution in [-0.4, -0.2) is 28.5 Å². The van der Waals surface area contributed by atoms with E-state index in [1.807, 2.05) is 35.4 Å². The summed E-state index contributed by atoms with van der Waals surface area (Å²) in [6, 6.07) is 18.7. The zero-order chi connectivity index (χ0) is 20.0. The summed E-state index contributed by atoms with van der Waals surface area (Å²) in [5.74, 6) is 0.717. The molecule has 2 aromatic carbocycles. The average molecular weight is 404 g/mol. The smallest absolute Gasteiger partial charge is 0.253 e. The summed E-state index contributed by atoms with van der Waals surface area (Å²) in [5.41, 5.74) is 2.64. The fourth-order valence-electron chi connectivity index (χ4n) is 4.33. The van der Waals surface area contributed by atoms with Crippen LogP contribution in [-0.2, 0) is 5.60 Å². The number of fused-ring (bicyclic) bond motifs is 4. The van der Waals surface area contributed by atoms with E-state index in [2.05, 4.69) is 16.7 Å². The van der Waals surface area contributed by atoms with E-state index in [1.165, 1.54) is 0 Å². The van der Waals surface area contributed by atoms with Gasteiger partial charge in [-0.1, -0.05) is 17.7 Å². The summed E-state index contributed by atoms with van der Waals surface area (Å²) >= 11 is 6.20. The van der Waals surface area contributed by atoms with Crippen molar-refractivity contribution >= 4 is 17.5 Å². The van der Waals surface area contributed by atoms with Crippen molar-refractivity contribution in [3.05, 3.63) is 82.6 Å². The van der Waals surface area contributed by atoms with E-state index < -0.39 is 5.60 Å². The fourth-order valence-corrected chi connectivity index (χ4v) is 4.49. The van der Waals surface area contributed by atoms with Crippen LogP contribution in [0.5, 0.6) is 5.75 Å². The minimum absolute atomic E-state index is 0.0495. The predicted octanol–water partition coefficient (Wildman–Crippen LogP) is 4.53. The lowest BCUT2D eigenvalue weighted by Gasteiger charge is -2.45. The van der Waals surface area contributed by atoms with Gasteiger partial charge >= 0.3 is 0 Å². The monoisotopic (exact) mass is 403 g/mol. The van der Waals surface area contributed by atoms with Gasteiger partial charge in [-0.15, -0.1) is 0 Å². The van der Waals surface area contributed by atoms with Crippen LogP contribution in [0, 0.1) is 11.3 Å². The zero-order valence-electron chi connectivity index (χ0n) is 15.6. The predicted molar refractivity (Wildman–Crippen MR) is 109 cm³/mol. The van der Waals surface area contributed by atoms with Crippen LogP contribution in [0.15, 0.2) is 60.8 Å². The molecule has 1 spiro atoms. The second-order valence-electron chi connectivity index (χ2n) is 7.46. The number of amides is 1. The Bertz CT molecular complexity index is 1150. The number of nitriles is 1. The number of rotatable bonds is 1. The van der Waals surface area contributed by atoms with Crippen molar-refractivity contribution < 1.29 is 9.53 Å². The fraction of sp³-hybridized carbons (Fsp3) is 0.217. The van der Waals surface area contributed by atoms with Gasteiger partial charge in [-0.25, -0.2) is 0 Å². The first-order valence-corrected chi connectivity index (χ1v) is 9.94. The molecule has 0 bridgehead atoms. The Hall–Kier alpha value is -3.23. The lowest BCUT2D eigenvalue weighted by atomic mass is 9.86. The summed E-state index contributed by atoms with van der Waals surface area (Å²) in [5, 5.41) is 9.73. The van der Waals surface area contributed by atoms with Gasteiger partial charge in [-0.2, -0.15) is 5.26 Å². The van der Waals surface area contributed by atoms with Crippen LogP contribution in [0.4, 0.5) is 0 Å². The van der Waals surface area contributed by atoms with Gasteiger partial charge in [0.15, 0.2) is 5.60 Å². The maximum absolute atomic E-state index is 12.9. The van der Waals surface area contributed by atoms with Crippen molar-refractivity contribution in [1.82, 2.24) is 9.47 Å². The number of carbonyl (C=O) groups excluding carboxylic acids is 1. The van der Waals surface area contributed by atoms with Gasteiger partial charge in [0.1, 0.15) is 5.75 Å². The molecule has 0 atom stereocenters. The molecule has 6 heteroatoms. The number of ether oxygens (including phenoxy) is 1. The van der Waals surface area contributed by atoms with Gasteiger partial charge in [0, 0.05) is 48.8 Å². The summed E-state index contributed by atoms with van der Waals surface area (Å²) in [4.78, 5) is 14.8. The van der Waals surface area contributed by atoms with E-state index >= 15 is 0 Å². The molecule has 5 nitrogen and oxygen atoms in total. The summed E-state index contributed by atoms with van der Waals surface area (Å²) < 4.78 is 8.67. The molecule has 1 fully saturated rings. The van der Waals surface area contributed by atoms with Crippen molar-refractivity contribution in [1.29, 1.82) is 5.26 Å². The van der Waals surface area contributed by atoms with E-state index in [0.717, 1.165) is 17.1 Å². The van der Waals surface area contributed by atoms with Gasteiger partial charge in [0.05, 0.1) is 23.0 Å². The molecule has 2 aliphatic heterocycles. The molecule has 3 heterocycles. The molecule has 0 radical (unpaired) electrons. The number of piperidine rings is 1. The van der Waals surface area contributed by atoms with Crippen molar-refractivity contribution in [2.45, 2.75) is 18.4 Å². The van der Waals surface area contributed by atoms with Crippen molar-refractivity contribution in [2.24, 2.45) is 0 Å². The Labute approximate surface area is 173 Å². The van der Waals surface area contributed by atoms with E-state index in [9.17, 15) is 4.79 Å². The highest BCUT2D eigenvalue weighted by molar-refractivity contribution is 6.30. The van der Waals surface area contributed by atoms with Crippen molar-refractivity contribution in [2.75, 3.05) is 13.1 Å². The number of aromatic nitrogens is 1. The van der Waals surface area contributed by atoms with Gasteiger partial charge in [0.2, 0.25) is 0 Å². The molecule has 144 valence electrons. The minimum atomic E-state index is -0.480. The third kappa shape index (κ3) is 2.88. The molecule has 1 saturated heterocycles. The first kappa shape index (κ1) is 17.8. The lowest BCUT2D eigenvalue weighted by molar-refractivity contribution is -0.00930. The number of halogens is 1. The number of hydrogen-bond acceptors (Lipinski definition) is 3. The van der Waals surface area contributed by atoms with Gasteiger partial charge in [-0.05, 0) is 42.5 Å². The minimum Gasteiger partial charge on any atom is -0.479 e. The Kier molecular flexibility index (Phi) is 4.11. The molecule has 1 aromatic heterocycles. The zero-order valence-corrected chi connectivity index (χ0v) is 16.4. The summed E-state index contributed by atoms with van der Waals surface area (Å²) in [6.07, 6.45) is 3.41. The SMILES string of the molecule is N#Cc1cccc(C(=O)N2CCC3(CC2)Oc2cc(Cl)ccc2-n2cccc23)c1. The summed E-state index contributed by atoms with van der Waals surface area (Å²) in [7, 11) is 0. The normalized spacial score (nSPS) is 16.5. The molecule has 5 rings (SSSR count). The average Bonchev–Trinajstić information content (AvgIpc) is 3.25. The van der Waals surface area contributed by atoms with E-state index in [4.69, 9.17) is 21.6 Å². The Morgan fingerprint density at radius 1 is 1.10 bits per heavy atom. The first-order valence-electron chi connectivity index (χ1n) is 9.56. The molecule has 1 amide bonds. The molecular weight excluding hydrogens is 386 g/mol. The van der Waals surface area contributed by atoms with E-state index in [0.29, 0.717) is 42.1 Å². The number of nitrogens with zero attached hydrogens (tertiary/aromatic N) is 3. The van der Waals surface area contributed by atoms with Crippen LogP contribution < -0.4 is 4.74 Å². The molecule has 0 N–H and O–H groups in total. The van der Waals surface area contributed by atoms with Crippen molar-refractivity contribution in [3.63, 3.8) is 0 Å². The molecule has 29 heavy (non-hydrogen) atoms. The quantitative estimate of drug-likeness (QED) is 0.600. The second-order valence-corrected chi connectivity index (χ2v) is 7.89. The number of carbonyl (C=O) groups is 1. The summed E-state index contributed by atoms with van der Waals surface area (Å²) in [6.45, 7) is 1.16. The molecule has 0 unspecified atom stereocenters. The van der Waals surface area contributed by atoms with Crippen LogP contribution >= 0.6 is 11.6 Å². The molecule has 3 aromatic rings. The molecule has 2 aliphatic rings. The highest BCUT2D eigenvalue weighted by Crippen LogP contribution is 2.45. The standard InChI is InChI=1S/C23H18ClN3O2/c24-18-6-7-19-20(14-18)29-23(21-5-2-10-27(19)21)8-11-26(12-9-23)22(28)17-4-1-3-16(13-17)15-25/h1-7,10,13-14H,8-9,11-12H2. The lowest BCUT2D eigenvalue weighted by Crippen LogP contribution is -2.50. The van der Waals surface area contributed by atoms with Crippen molar-refractivity contribution in [3.8, 4) is 17.5 Å². The third-order valence-corrected chi connectivity index (χ3v) is 6.03. The van der Waals surface area contributed by atoms with E-state index in [-0.39, 0.29) is 5.91 Å². The maximum Gasteiger partial charge on any atom is 0.253 e. The van der Waals surface area contributed by atoms with Gasteiger partial charge in [-0.3, -0.25) is 4.79 Å². The Morgan fingerprint density at radius 2 is 1.93 bits per heavy atom. The van der Waals surface area contributed by atoms with E-state index in [1.54, 1.807) is 24.3 Å². The first-order chi connectivity index (χ1) is 14.1. The maximum atomic E-state index is 12.9. The second kappa shape index (κ2) is 6.68. The van der Waals surface area contributed by atoms with Crippen LogP contribution in [0.1, 0.15) is 34.5 Å². The largest absolute Gasteiger partial charge is 0.479 e. The Balaban J connectivity index is 1.41. The van der Waals surface area contributed by atoms with Crippen LogP contribution in [0.3, 0.4) is 0 Å². The third-order valence-electron chi connectivity index (χ3n) is 5.80. The highest BCUT2D eigenvalue weighted by Gasteiger charge is 2.44. The van der Waals surface area contributed by atoms with Crippen LogP contribution in [0.2, 0.25) is 5.02 Å². The highest BCUT2D eigenvalue weighted by atomic mass is 35.5. The molecule has 0 aliphatic carbocycles. The topological polar surface area (TPSA) is 58.3 Å².